The fourth-order valence-corrected chi connectivity index (χ4v) is 4.57. The number of nitrogens with two attached hydrogens (primary N) is 1. The summed E-state index contributed by atoms with van der Waals surface area (Å²) in [6, 6.07) is 0.818. The van der Waals surface area contributed by atoms with Crippen molar-refractivity contribution in [1.29, 1.82) is 0 Å². The number of aromatic nitrogens is 2. The molecule has 4 amide bonds. The number of H-pyrrole nitrogens is 1. The summed E-state index contributed by atoms with van der Waals surface area (Å²) in [6.07, 6.45) is -5.61. The Kier molecular flexibility index (Phi) is 17.1. The first kappa shape index (κ1) is 39.8. The Labute approximate surface area is 264 Å². The van der Waals surface area contributed by atoms with Crippen molar-refractivity contribution in [2.24, 2.45) is 5.73 Å². The Bertz CT molecular complexity index is 1130. The first-order valence-corrected chi connectivity index (χ1v) is 15.2. The van der Waals surface area contributed by atoms with Crippen LogP contribution >= 0.6 is 0 Å². The highest BCUT2D eigenvalue weighted by molar-refractivity contribution is 5.87. The van der Waals surface area contributed by atoms with Crippen LogP contribution in [-0.4, -0.2) is 162 Å². The van der Waals surface area contributed by atoms with Gasteiger partial charge in [0.15, 0.2) is 12.2 Å². The number of carbonyl (C=O) groups excluding carboxylic acids is 3. The molecule has 0 bridgehead atoms. The second-order valence-corrected chi connectivity index (χ2v) is 12.5. The van der Waals surface area contributed by atoms with Crippen molar-refractivity contribution in [3.05, 3.63) is 22.1 Å². The standard InChI is InChI=1S/C28H53N9O8/c1-19-18-20(38)34-27(33-19)35-28(45)32-13-9-17-37(4,5)16-8-12-31-26(44)24(42)22(40)21(39)23(41)25(43)30-11-7-15-36(2,3)14-6-10-29/h18,21-24,39-42H,6-17,29H2,1-5H3,(H3-2,30,31,32,33,34,35,38,43,44,45)/p+2/t21-,22+,23+,24-/m1/s1. The zero-order valence-electron chi connectivity index (χ0n) is 27.2. The number of aliphatic hydroxyl groups excluding tert-OH is 4. The molecule has 17 nitrogen and oxygen atoms in total. The van der Waals surface area contributed by atoms with Crippen LogP contribution in [0.5, 0.6) is 0 Å². The van der Waals surface area contributed by atoms with Crippen LogP contribution in [0, 0.1) is 6.92 Å². The van der Waals surface area contributed by atoms with Gasteiger partial charge in [-0.2, -0.15) is 0 Å². The largest absolute Gasteiger partial charge is 0.387 e. The quantitative estimate of drug-likeness (QED) is 0.0467. The van der Waals surface area contributed by atoms with Gasteiger partial charge < -0.3 is 51.1 Å². The number of amides is 4. The van der Waals surface area contributed by atoms with Gasteiger partial charge in [0, 0.05) is 57.1 Å². The van der Waals surface area contributed by atoms with E-state index in [1.807, 2.05) is 28.2 Å². The molecule has 0 aliphatic rings. The smallest absolute Gasteiger partial charge is 0.321 e. The molecule has 1 heterocycles. The number of hydrogen-bond acceptors (Lipinski definition) is 10. The van der Waals surface area contributed by atoms with Crippen molar-refractivity contribution in [1.82, 2.24) is 25.9 Å². The summed E-state index contributed by atoms with van der Waals surface area (Å²) in [5, 5.41) is 50.9. The van der Waals surface area contributed by atoms with Crippen LogP contribution < -0.4 is 32.6 Å². The zero-order chi connectivity index (χ0) is 34.2. The van der Waals surface area contributed by atoms with E-state index in [1.54, 1.807) is 6.92 Å². The summed E-state index contributed by atoms with van der Waals surface area (Å²) < 4.78 is 1.28. The Hall–Kier alpha value is -3.19. The molecule has 11 N–H and O–H groups in total. The van der Waals surface area contributed by atoms with Gasteiger partial charge in [-0.05, 0) is 13.5 Å². The predicted octanol–water partition coefficient (Wildman–Crippen LogP) is -3.45. The third kappa shape index (κ3) is 16.1. The fourth-order valence-electron chi connectivity index (χ4n) is 4.57. The summed E-state index contributed by atoms with van der Waals surface area (Å²) >= 11 is 0. The first-order valence-electron chi connectivity index (χ1n) is 15.2. The number of aliphatic hydroxyl groups is 4. The monoisotopic (exact) mass is 645 g/mol. The number of nitrogens with one attached hydrogen (secondary N) is 5. The summed E-state index contributed by atoms with van der Waals surface area (Å²) in [5.41, 5.74) is 5.66. The molecular formula is C28H55N9O8+2. The number of carbonyl (C=O) groups is 3. The van der Waals surface area contributed by atoms with Crippen LogP contribution in [0.15, 0.2) is 10.9 Å². The lowest BCUT2D eigenvalue weighted by atomic mass is 10.0. The second-order valence-electron chi connectivity index (χ2n) is 12.5. The molecule has 0 fully saturated rings. The number of anilines is 1. The number of rotatable bonds is 21. The Morgan fingerprint density at radius 3 is 1.64 bits per heavy atom. The number of urea groups is 1. The van der Waals surface area contributed by atoms with E-state index in [-0.39, 0.29) is 24.6 Å². The van der Waals surface area contributed by atoms with Crippen LogP contribution in [0.25, 0.3) is 0 Å². The summed E-state index contributed by atoms with van der Waals surface area (Å²) in [6.45, 7) is 6.00. The van der Waals surface area contributed by atoms with Gasteiger partial charge in [0.25, 0.3) is 17.4 Å². The summed E-state index contributed by atoms with van der Waals surface area (Å²) in [4.78, 5) is 54.5. The number of aryl methyl sites for hydroxylation is 1. The van der Waals surface area contributed by atoms with Crippen LogP contribution in [0.4, 0.5) is 10.7 Å². The van der Waals surface area contributed by atoms with E-state index in [0.29, 0.717) is 60.1 Å². The highest BCUT2D eigenvalue weighted by Gasteiger charge is 2.37. The van der Waals surface area contributed by atoms with E-state index < -0.39 is 42.3 Å². The maximum absolute atomic E-state index is 12.3. The first-order chi connectivity index (χ1) is 21.0. The van der Waals surface area contributed by atoms with Gasteiger partial charge in [-0.1, -0.05) is 0 Å². The van der Waals surface area contributed by atoms with Gasteiger partial charge >= 0.3 is 6.03 Å². The second kappa shape index (κ2) is 19.4. The van der Waals surface area contributed by atoms with E-state index in [4.69, 9.17) is 5.73 Å². The third-order valence-electron chi connectivity index (χ3n) is 7.31. The minimum Gasteiger partial charge on any atom is -0.387 e. The van der Waals surface area contributed by atoms with E-state index in [1.165, 1.54) is 6.07 Å². The molecule has 0 radical (unpaired) electrons. The molecule has 0 spiro atoms. The van der Waals surface area contributed by atoms with Crippen molar-refractivity contribution < 1.29 is 43.8 Å². The third-order valence-corrected chi connectivity index (χ3v) is 7.31. The molecule has 0 saturated carbocycles. The minimum atomic E-state index is -2.09. The molecule has 0 saturated heterocycles. The number of aromatic amines is 1. The van der Waals surface area contributed by atoms with Crippen LogP contribution in [0.3, 0.4) is 0 Å². The van der Waals surface area contributed by atoms with Crippen molar-refractivity contribution >= 4 is 23.8 Å². The van der Waals surface area contributed by atoms with Gasteiger partial charge in [-0.25, -0.2) is 9.78 Å². The van der Waals surface area contributed by atoms with E-state index >= 15 is 0 Å². The van der Waals surface area contributed by atoms with Crippen molar-refractivity contribution in [2.45, 2.75) is 57.0 Å². The van der Waals surface area contributed by atoms with E-state index in [2.05, 4.69) is 31.2 Å². The molecule has 1 aromatic heterocycles. The molecule has 258 valence electrons. The van der Waals surface area contributed by atoms with Gasteiger partial charge in [-0.3, -0.25) is 24.7 Å². The molecular weight excluding hydrogens is 590 g/mol. The van der Waals surface area contributed by atoms with Crippen molar-refractivity contribution in [3.8, 4) is 0 Å². The minimum absolute atomic E-state index is 0.0593. The molecule has 0 unspecified atom stereocenters. The average molecular weight is 646 g/mol. The van der Waals surface area contributed by atoms with Crippen molar-refractivity contribution in [2.75, 3.05) is 85.9 Å². The Morgan fingerprint density at radius 2 is 1.22 bits per heavy atom. The predicted molar refractivity (Wildman–Crippen MR) is 168 cm³/mol. The van der Waals surface area contributed by atoms with Crippen LogP contribution in [0.2, 0.25) is 0 Å². The maximum Gasteiger partial charge on any atom is 0.321 e. The average Bonchev–Trinajstić information content (AvgIpc) is 2.96. The highest BCUT2D eigenvalue weighted by Crippen LogP contribution is 2.07. The summed E-state index contributed by atoms with van der Waals surface area (Å²) in [5.74, 6) is -1.81. The van der Waals surface area contributed by atoms with Crippen molar-refractivity contribution in [3.63, 3.8) is 0 Å². The number of nitrogens with zero attached hydrogens (tertiary/aromatic N) is 3. The normalized spacial score (nSPS) is 14.6. The maximum atomic E-state index is 12.3. The summed E-state index contributed by atoms with van der Waals surface area (Å²) in [7, 11) is 8.04. The van der Waals surface area contributed by atoms with Gasteiger partial charge in [0.2, 0.25) is 5.95 Å². The van der Waals surface area contributed by atoms with E-state index in [9.17, 15) is 39.6 Å². The molecule has 1 aromatic rings. The molecule has 45 heavy (non-hydrogen) atoms. The SMILES string of the molecule is Cc1cc(=O)[nH]c(NC(=O)NCCC[N+](C)(C)CCCNC(=O)[C@H](O)[C@@H](O)[C@@H](O)[C@H](O)C(=O)NCCC[N+](C)(C)CCCN)n1. The lowest BCUT2D eigenvalue weighted by molar-refractivity contribution is -0.890. The number of quaternary nitrogens is 2. The van der Waals surface area contributed by atoms with Gasteiger partial charge in [-0.15, -0.1) is 0 Å². The fraction of sp³-hybridized carbons (Fsp3) is 0.750. The molecule has 0 aliphatic carbocycles. The Morgan fingerprint density at radius 1 is 0.800 bits per heavy atom. The van der Waals surface area contributed by atoms with Gasteiger partial charge in [0.05, 0.1) is 54.4 Å². The highest BCUT2D eigenvalue weighted by atomic mass is 16.4. The van der Waals surface area contributed by atoms with Gasteiger partial charge in [0.1, 0.15) is 12.2 Å². The molecule has 4 atom stereocenters. The molecule has 0 aromatic carbocycles. The zero-order valence-corrected chi connectivity index (χ0v) is 27.2. The lowest BCUT2D eigenvalue weighted by Gasteiger charge is -2.30. The van der Waals surface area contributed by atoms with E-state index in [0.717, 1.165) is 19.5 Å². The van der Waals surface area contributed by atoms with Crippen LogP contribution in [-0.2, 0) is 9.59 Å². The topological polar surface area (TPSA) is 252 Å². The molecule has 17 heteroatoms. The number of hydrogen-bond donors (Lipinski definition) is 10. The molecule has 0 aliphatic heterocycles. The lowest BCUT2D eigenvalue weighted by Crippen LogP contribution is -2.54. The van der Waals surface area contributed by atoms with Crippen LogP contribution in [0.1, 0.15) is 31.4 Å². The Balaban J connectivity index is 2.32. The molecule has 1 rings (SSSR count).